The van der Waals surface area contributed by atoms with Crippen LogP contribution in [0.15, 0.2) is 41.3 Å². The third-order valence-electron chi connectivity index (χ3n) is 4.83. The van der Waals surface area contributed by atoms with Gasteiger partial charge in [0.2, 0.25) is 0 Å². The highest BCUT2D eigenvalue weighted by Gasteiger charge is 2.50. The zero-order valence-electron chi connectivity index (χ0n) is 11.8. The minimum atomic E-state index is -0.203. The lowest BCUT2D eigenvalue weighted by atomic mass is 9.49. The predicted octanol–water partition coefficient (Wildman–Crippen LogP) is 2.79. The van der Waals surface area contributed by atoms with Gasteiger partial charge in [0.25, 0.3) is 5.91 Å². The van der Waals surface area contributed by atoms with Crippen molar-refractivity contribution in [3.05, 3.63) is 41.7 Å². The smallest absolute Gasteiger partial charge is 0.267 e. The average Bonchev–Trinajstić information content (AvgIpc) is 2.48. The lowest BCUT2D eigenvalue weighted by Gasteiger charge is -2.55. The van der Waals surface area contributed by atoms with Crippen LogP contribution in [0.2, 0.25) is 0 Å². The predicted molar refractivity (Wildman–Crippen MR) is 78.3 cm³/mol. The lowest BCUT2D eigenvalue weighted by molar-refractivity contribution is -0.00126. The topological polar surface area (TPSA) is 54.4 Å². The van der Waals surface area contributed by atoms with Gasteiger partial charge in [-0.25, -0.2) is 5.43 Å². The minimum absolute atomic E-state index is 0.203. The fourth-order valence-corrected chi connectivity index (χ4v) is 3.28. The van der Waals surface area contributed by atoms with E-state index in [2.05, 4.69) is 35.4 Å². The molecule has 2 bridgehead atoms. The summed E-state index contributed by atoms with van der Waals surface area (Å²) in [5, 5.41) is 4.10. The molecule has 0 aromatic carbocycles. The van der Waals surface area contributed by atoms with Crippen LogP contribution in [-0.2, 0) is 0 Å². The molecule has 0 radical (unpaired) electrons. The van der Waals surface area contributed by atoms with Crippen LogP contribution in [0.4, 0.5) is 0 Å². The van der Waals surface area contributed by atoms with Crippen LogP contribution >= 0.6 is 0 Å². The monoisotopic (exact) mass is 269 g/mol. The van der Waals surface area contributed by atoms with Gasteiger partial charge < -0.3 is 0 Å². The average molecular weight is 269 g/mol. The number of fused-ring (bicyclic) bond motifs is 1. The fraction of sp³-hybridized carbons (Fsp3) is 0.438. The standard InChI is InChI=1S/C16H19N3O/c1-16(2)13-4-3-12(14(16)9-13)10-18-19-15(20)11-5-7-17-8-6-11/h3,5-8,10,13-14H,4,9H2,1-2H3,(H,19,20)/b18-10+. The van der Waals surface area contributed by atoms with Crippen molar-refractivity contribution in [2.75, 3.05) is 0 Å². The van der Waals surface area contributed by atoms with E-state index in [1.54, 1.807) is 30.7 Å². The number of nitrogens with one attached hydrogen (secondary N) is 1. The summed E-state index contributed by atoms with van der Waals surface area (Å²) in [6, 6.07) is 3.34. The van der Waals surface area contributed by atoms with Crippen molar-refractivity contribution in [2.24, 2.45) is 22.4 Å². The Hall–Kier alpha value is -1.97. The second-order valence-corrected chi connectivity index (χ2v) is 6.18. The first-order chi connectivity index (χ1) is 9.59. The molecule has 1 aromatic rings. The number of pyridine rings is 1. The van der Waals surface area contributed by atoms with Crippen molar-refractivity contribution < 1.29 is 4.79 Å². The third kappa shape index (κ3) is 2.15. The summed E-state index contributed by atoms with van der Waals surface area (Å²) in [4.78, 5) is 15.7. The van der Waals surface area contributed by atoms with Crippen LogP contribution in [0.3, 0.4) is 0 Å². The van der Waals surface area contributed by atoms with E-state index in [1.807, 2.05) is 0 Å². The van der Waals surface area contributed by atoms with Gasteiger partial charge in [0.15, 0.2) is 0 Å². The van der Waals surface area contributed by atoms with Crippen LogP contribution in [-0.4, -0.2) is 17.1 Å². The number of hydrazone groups is 1. The maximum atomic E-state index is 11.8. The molecular formula is C16H19N3O. The van der Waals surface area contributed by atoms with Crippen LogP contribution < -0.4 is 5.43 Å². The largest absolute Gasteiger partial charge is 0.271 e. The third-order valence-corrected chi connectivity index (χ3v) is 4.83. The maximum Gasteiger partial charge on any atom is 0.271 e. The molecule has 3 aliphatic carbocycles. The molecule has 0 saturated heterocycles. The van der Waals surface area contributed by atoms with Crippen LogP contribution in [0, 0.1) is 17.3 Å². The normalized spacial score (nSPS) is 26.8. The number of carbonyl (C=O) groups excluding carboxylic acids is 1. The van der Waals surface area contributed by atoms with E-state index >= 15 is 0 Å². The lowest BCUT2D eigenvalue weighted by Crippen LogP contribution is -2.48. The molecule has 2 atom stereocenters. The minimum Gasteiger partial charge on any atom is -0.267 e. The van der Waals surface area contributed by atoms with Crippen molar-refractivity contribution in [1.82, 2.24) is 10.4 Å². The van der Waals surface area contributed by atoms with Gasteiger partial charge in [-0.05, 0) is 47.8 Å². The SMILES string of the molecule is CC1(C)C2CC=C(/C=N/NC(=O)c3ccncc3)C1C2. The Kier molecular flexibility index (Phi) is 3.16. The molecular weight excluding hydrogens is 250 g/mol. The summed E-state index contributed by atoms with van der Waals surface area (Å²) in [6.07, 6.45) is 9.64. The summed E-state index contributed by atoms with van der Waals surface area (Å²) in [5.74, 6) is 1.20. The number of amides is 1. The quantitative estimate of drug-likeness (QED) is 0.677. The number of allylic oxidation sites excluding steroid dienone is 2. The van der Waals surface area contributed by atoms with E-state index < -0.39 is 0 Å². The highest BCUT2D eigenvalue weighted by Crippen LogP contribution is 2.58. The Bertz CT molecular complexity index is 575. The first kappa shape index (κ1) is 13.0. The van der Waals surface area contributed by atoms with Gasteiger partial charge in [0.1, 0.15) is 0 Å². The Balaban J connectivity index is 1.62. The number of hydrogen-bond acceptors (Lipinski definition) is 3. The molecule has 3 aliphatic rings. The van der Waals surface area contributed by atoms with Gasteiger partial charge >= 0.3 is 0 Å². The highest BCUT2D eigenvalue weighted by molar-refractivity contribution is 5.94. The van der Waals surface area contributed by atoms with E-state index in [4.69, 9.17) is 0 Å². The Morgan fingerprint density at radius 3 is 2.85 bits per heavy atom. The van der Waals surface area contributed by atoms with Gasteiger partial charge in [-0.3, -0.25) is 9.78 Å². The van der Waals surface area contributed by atoms with Gasteiger partial charge in [-0.1, -0.05) is 19.9 Å². The fourth-order valence-electron chi connectivity index (χ4n) is 3.28. The first-order valence-corrected chi connectivity index (χ1v) is 7.02. The molecule has 4 rings (SSSR count). The molecule has 1 saturated carbocycles. The van der Waals surface area contributed by atoms with E-state index in [-0.39, 0.29) is 5.91 Å². The van der Waals surface area contributed by atoms with Crippen molar-refractivity contribution >= 4 is 12.1 Å². The number of nitrogens with zero attached hydrogens (tertiary/aromatic N) is 2. The second kappa shape index (κ2) is 4.85. The molecule has 4 nitrogen and oxygen atoms in total. The molecule has 104 valence electrons. The van der Waals surface area contributed by atoms with Gasteiger partial charge in [-0.15, -0.1) is 0 Å². The Labute approximate surface area is 119 Å². The molecule has 20 heavy (non-hydrogen) atoms. The molecule has 0 aliphatic heterocycles. The number of carbonyl (C=O) groups is 1. The number of aromatic nitrogens is 1. The maximum absolute atomic E-state index is 11.8. The van der Waals surface area contributed by atoms with Gasteiger partial charge in [0, 0.05) is 18.0 Å². The number of hydrogen-bond donors (Lipinski definition) is 1. The van der Waals surface area contributed by atoms with Crippen LogP contribution in [0.1, 0.15) is 37.0 Å². The number of rotatable bonds is 3. The molecule has 4 heteroatoms. The summed E-state index contributed by atoms with van der Waals surface area (Å²) in [5.41, 5.74) is 4.78. The van der Waals surface area contributed by atoms with Crippen molar-refractivity contribution in [2.45, 2.75) is 26.7 Å². The van der Waals surface area contributed by atoms with Gasteiger partial charge in [0.05, 0.1) is 6.21 Å². The zero-order valence-corrected chi connectivity index (χ0v) is 11.8. The molecule has 1 N–H and O–H groups in total. The van der Waals surface area contributed by atoms with E-state index in [0.717, 1.165) is 12.3 Å². The Morgan fingerprint density at radius 1 is 1.45 bits per heavy atom. The van der Waals surface area contributed by atoms with Gasteiger partial charge in [-0.2, -0.15) is 5.10 Å². The second-order valence-electron chi connectivity index (χ2n) is 6.18. The molecule has 1 heterocycles. The van der Waals surface area contributed by atoms with E-state index in [1.165, 1.54) is 12.0 Å². The summed E-state index contributed by atoms with van der Waals surface area (Å²) in [6.45, 7) is 4.64. The Morgan fingerprint density at radius 2 is 2.20 bits per heavy atom. The zero-order chi connectivity index (χ0) is 14.2. The molecule has 1 fully saturated rings. The molecule has 1 aromatic heterocycles. The van der Waals surface area contributed by atoms with Crippen molar-refractivity contribution in [3.8, 4) is 0 Å². The highest BCUT2D eigenvalue weighted by atomic mass is 16.2. The van der Waals surface area contributed by atoms with Crippen LogP contribution in [0.5, 0.6) is 0 Å². The summed E-state index contributed by atoms with van der Waals surface area (Å²) in [7, 11) is 0. The molecule has 1 amide bonds. The summed E-state index contributed by atoms with van der Waals surface area (Å²) < 4.78 is 0. The first-order valence-electron chi connectivity index (χ1n) is 7.02. The van der Waals surface area contributed by atoms with Crippen LogP contribution in [0.25, 0.3) is 0 Å². The van der Waals surface area contributed by atoms with E-state index in [0.29, 0.717) is 16.9 Å². The van der Waals surface area contributed by atoms with Crippen molar-refractivity contribution in [3.63, 3.8) is 0 Å². The van der Waals surface area contributed by atoms with E-state index in [9.17, 15) is 4.79 Å². The molecule has 0 spiro atoms. The van der Waals surface area contributed by atoms with Crippen molar-refractivity contribution in [1.29, 1.82) is 0 Å². The summed E-state index contributed by atoms with van der Waals surface area (Å²) >= 11 is 0. The molecule has 2 unspecified atom stereocenters.